The van der Waals surface area contributed by atoms with Crippen LogP contribution in [0.3, 0.4) is 0 Å². The normalized spacial score (nSPS) is 15.7. The highest BCUT2D eigenvalue weighted by molar-refractivity contribution is 7.90. The Hall–Kier alpha value is -2.47. The molecule has 2 aromatic carbocycles. The average Bonchev–Trinajstić information content (AvgIpc) is 2.69. The summed E-state index contributed by atoms with van der Waals surface area (Å²) < 4.78 is 25.7. The third kappa shape index (κ3) is 2.21. The van der Waals surface area contributed by atoms with Crippen LogP contribution in [0.5, 0.6) is 0 Å². The zero-order chi connectivity index (χ0) is 15.9. The molecule has 6 heteroatoms. The third-order valence-electron chi connectivity index (χ3n) is 3.60. The number of hydrogen-bond donors (Lipinski definition) is 0. The van der Waals surface area contributed by atoms with E-state index in [-0.39, 0.29) is 22.8 Å². The number of sulfonamides is 1. The number of nitrogens with zero attached hydrogens (tertiary/aromatic N) is 1. The first-order valence-electron chi connectivity index (χ1n) is 6.67. The second kappa shape index (κ2) is 5.06. The average molecular weight is 315 g/mol. The van der Waals surface area contributed by atoms with Gasteiger partial charge in [0.1, 0.15) is 4.90 Å². The van der Waals surface area contributed by atoms with Crippen LogP contribution in [0.2, 0.25) is 0 Å². The number of Topliss-reactive ketones (excluding diaryl/α,β-unsaturated/α-hetero) is 1. The second-order valence-electron chi connectivity index (χ2n) is 5.07. The molecular formula is C16H13NO4S. The number of hydrogen-bond acceptors (Lipinski definition) is 4. The van der Waals surface area contributed by atoms with Crippen molar-refractivity contribution in [3.8, 4) is 0 Å². The van der Waals surface area contributed by atoms with Gasteiger partial charge in [0.05, 0.1) is 12.1 Å². The molecule has 0 bridgehead atoms. The van der Waals surface area contributed by atoms with Gasteiger partial charge in [-0.3, -0.25) is 9.59 Å². The molecule has 0 saturated heterocycles. The quantitative estimate of drug-likeness (QED) is 0.814. The molecule has 0 saturated carbocycles. The summed E-state index contributed by atoms with van der Waals surface area (Å²) in [5.74, 6) is -0.588. The van der Waals surface area contributed by atoms with Crippen LogP contribution < -0.4 is 0 Å². The molecule has 22 heavy (non-hydrogen) atoms. The summed E-state index contributed by atoms with van der Waals surface area (Å²) in [5.41, 5.74) is 1.39. The van der Waals surface area contributed by atoms with E-state index in [2.05, 4.69) is 0 Å². The first-order valence-corrected chi connectivity index (χ1v) is 8.11. The molecule has 1 heterocycles. The van der Waals surface area contributed by atoms with Gasteiger partial charge in [0.15, 0.2) is 5.78 Å². The first-order chi connectivity index (χ1) is 10.4. The molecule has 0 unspecified atom stereocenters. The lowest BCUT2D eigenvalue weighted by Crippen LogP contribution is -2.29. The van der Waals surface area contributed by atoms with Gasteiger partial charge in [-0.1, -0.05) is 36.4 Å². The lowest BCUT2D eigenvalue weighted by Gasteiger charge is -2.15. The molecule has 1 aliphatic heterocycles. The Kier molecular flexibility index (Phi) is 3.33. The van der Waals surface area contributed by atoms with Gasteiger partial charge in [-0.2, -0.15) is 0 Å². The Bertz CT molecular complexity index is 869. The van der Waals surface area contributed by atoms with Crippen LogP contribution in [-0.2, 0) is 16.6 Å². The Labute approximate surface area is 128 Å². The summed E-state index contributed by atoms with van der Waals surface area (Å²) >= 11 is 0. The van der Waals surface area contributed by atoms with E-state index in [4.69, 9.17) is 0 Å². The summed E-state index contributed by atoms with van der Waals surface area (Å²) in [4.78, 5) is 23.6. The summed E-state index contributed by atoms with van der Waals surface area (Å²) in [6.45, 7) is 1.41. The molecule has 0 spiro atoms. The van der Waals surface area contributed by atoms with Gasteiger partial charge < -0.3 is 0 Å². The summed E-state index contributed by atoms with van der Waals surface area (Å²) in [7, 11) is -3.80. The number of carbonyl (C=O) groups excluding carboxylic acids is 2. The number of amides is 1. The lowest BCUT2D eigenvalue weighted by molar-refractivity contribution is 0.0864. The number of rotatable bonds is 3. The highest BCUT2D eigenvalue weighted by Crippen LogP contribution is 2.31. The van der Waals surface area contributed by atoms with Crippen LogP contribution in [0.15, 0.2) is 53.4 Å². The highest BCUT2D eigenvalue weighted by Gasteiger charge is 2.40. The smallest absolute Gasteiger partial charge is 0.269 e. The van der Waals surface area contributed by atoms with E-state index in [0.717, 1.165) is 4.31 Å². The number of carbonyl (C=O) groups is 2. The van der Waals surface area contributed by atoms with Crippen LogP contribution >= 0.6 is 0 Å². The molecular weight excluding hydrogens is 302 g/mol. The van der Waals surface area contributed by atoms with Crippen molar-refractivity contribution in [3.63, 3.8) is 0 Å². The van der Waals surface area contributed by atoms with Crippen molar-refractivity contribution in [2.75, 3.05) is 0 Å². The van der Waals surface area contributed by atoms with E-state index in [1.165, 1.54) is 19.1 Å². The van der Waals surface area contributed by atoms with Crippen molar-refractivity contribution in [2.24, 2.45) is 0 Å². The van der Waals surface area contributed by atoms with Crippen LogP contribution in [-0.4, -0.2) is 24.4 Å². The molecule has 1 amide bonds. The van der Waals surface area contributed by atoms with Gasteiger partial charge in [0, 0.05) is 5.56 Å². The van der Waals surface area contributed by atoms with Gasteiger partial charge in [0.2, 0.25) is 0 Å². The van der Waals surface area contributed by atoms with E-state index in [1.54, 1.807) is 36.4 Å². The van der Waals surface area contributed by atoms with E-state index in [0.29, 0.717) is 11.1 Å². The van der Waals surface area contributed by atoms with Crippen molar-refractivity contribution >= 4 is 21.7 Å². The van der Waals surface area contributed by atoms with E-state index >= 15 is 0 Å². The molecule has 0 fully saturated rings. The van der Waals surface area contributed by atoms with E-state index in [1.807, 2.05) is 0 Å². The minimum absolute atomic E-state index is 0.0420. The maximum absolute atomic E-state index is 12.4. The van der Waals surface area contributed by atoms with Crippen LogP contribution in [0.25, 0.3) is 0 Å². The predicted octanol–water partition coefficient (Wildman–Crippen LogP) is 2.23. The molecule has 0 N–H and O–H groups in total. The van der Waals surface area contributed by atoms with Crippen molar-refractivity contribution in [2.45, 2.75) is 18.4 Å². The fourth-order valence-electron chi connectivity index (χ4n) is 2.40. The topological polar surface area (TPSA) is 71.5 Å². The first kappa shape index (κ1) is 14.5. The largest absolute Gasteiger partial charge is 0.295 e. The SMILES string of the molecule is CC(=O)c1ccc(CN2C(=O)c3ccccc3S2(=O)=O)cc1. The van der Waals surface area contributed by atoms with Crippen molar-refractivity contribution in [1.82, 2.24) is 4.31 Å². The minimum atomic E-state index is -3.80. The summed E-state index contributed by atoms with van der Waals surface area (Å²) in [6.07, 6.45) is 0. The van der Waals surface area contributed by atoms with Crippen molar-refractivity contribution < 1.29 is 18.0 Å². The Morgan fingerprint density at radius 2 is 1.68 bits per heavy atom. The molecule has 1 aliphatic rings. The van der Waals surface area contributed by atoms with Gasteiger partial charge in [0.25, 0.3) is 15.9 Å². The van der Waals surface area contributed by atoms with E-state index in [9.17, 15) is 18.0 Å². The van der Waals surface area contributed by atoms with E-state index < -0.39 is 15.9 Å². The molecule has 0 atom stereocenters. The monoisotopic (exact) mass is 315 g/mol. The predicted molar refractivity (Wildman–Crippen MR) is 79.9 cm³/mol. The van der Waals surface area contributed by atoms with Crippen molar-refractivity contribution in [3.05, 3.63) is 65.2 Å². The third-order valence-corrected chi connectivity index (χ3v) is 5.39. The van der Waals surface area contributed by atoms with Gasteiger partial charge in [-0.25, -0.2) is 12.7 Å². The minimum Gasteiger partial charge on any atom is -0.295 e. The Morgan fingerprint density at radius 1 is 1.05 bits per heavy atom. The molecule has 2 aromatic rings. The van der Waals surface area contributed by atoms with Gasteiger partial charge >= 0.3 is 0 Å². The number of fused-ring (bicyclic) bond motifs is 1. The molecule has 112 valence electrons. The summed E-state index contributed by atoms with van der Waals surface area (Å²) in [6, 6.07) is 12.7. The molecule has 5 nitrogen and oxygen atoms in total. The fourth-order valence-corrected chi connectivity index (χ4v) is 3.95. The molecule has 0 aliphatic carbocycles. The fraction of sp³-hybridized carbons (Fsp3) is 0.125. The van der Waals surface area contributed by atoms with Gasteiger partial charge in [-0.05, 0) is 24.6 Å². The van der Waals surface area contributed by atoms with Gasteiger partial charge in [-0.15, -0.1) is 0 Å². The maximum Gasteiger partial charge on any atom is 0.269 e. The Balaban J connectivity index is 1.94. The van der Waals surface area contributed by atoms with Crippen molar-refractivity contribution in [1.29, 1.82) is 0 Å². The number of benzene rings is 2. The molecule has 0 radical (unpaired) electrons. The molecule has 3 rings (SSSR count). The van der Waals surface area contributed by atoms with Crippen LogP contribution in [0.1, 0.15) is 33.2 Å². The number of ketones is 1. The Morgan fingerprint density at radius 3 is 2.27 bits per heavy atom. The van der Waals surface area contributed by atoms with Crippen LogP contribution in [0, 0.1) is 0 Å². The molecule has 0 aromatic heterocycles. The second-order valence-corrected chi connectivity index (χ2v) is 6.90. The highest BCUT2D eigenvalue weighted by atomic mass is 32.2. The zero-order valence-corrected chi connectivity index (χ0v) is 12.6. The maximum atomic E-state index is 12.4. The standard InChI is InChI=1S/C16H13NO4S/c1-11(18)13-8-6-12(7-9-13)10-17-16(19)14-4-2-3-5-15(14)22(17,20)21/h2-9H,10H2,1H3. The summed E-state index contributed by atoms with van der Waals surface area (Å²) in [5, 5.41) is 0. The van der Waals surface area contributed by atoms with Crippen LogP contribution in [0.4, 0.5) is 0 Å². The zero-order valence-electron chi connectivity index (χ0n) is 11.8. The lowest BCUT2D eigenvalue weighted by atomic mass is 10.1.